The van der Waals surface area contributed by atoms with Gasteiger partial charge in [0.25, 0.3) is 5.91 Å². The molecule has 0 saturated heterocycles. The van der Waals surface area contributed by atoms with E-state index in [0.717, 1.165) is 0 Å². The summed E-state index contributed by atoms with van der Waals surface area (Å²) >= 11 is 0. The number of amides is 1. The van der Waals surface area contributed by atoms with Crippen LogP contribution in [0.5, 0.6) is 5.75 Å². The van der Waals surface area contributed by atoms with Crippen molar-refractivity contribution in [3.05, 3.63) is 48.0 Å². The molecule has 3 N–H and O–H groups in total. The van der Waals surface area contributed by atoms with Crippen molar-refractivity contribution in [1.82, 2.24) is 4.31 Å². The van der Waals surface area contributed by atoms with E-state index in [-0.39, 0.29) is 28.9 Å². The quantitative estimate of drug-likeness (QED) is 0.709. The fraction of sp³-hybridized carbons (Fsp3) is 0.278. The highest BCUT2D eigenvalue weighted by atomic mass is 35.5. The van der Waals surface area contributed by atoms with Crippen LogP contribution in [0.2, 0.25) is 0 Å². The molecule has 0 saturated carbocycles. The maximum Gasteiger partial charge on any atom is 0.255 e. The Balaban J connectivity index is 0.00000364. The smallest absolute Gasteiger partial charge is 0.255 e. The van der Waals surface area contributed by atoms with E-state index in [4.69, 9.17) is 10.5 Å². The molecule has 0 aliphatic heterocycles. The number of ether oxygens (including phenoxy) is 1. The van der Waals surface area contributed by atoms with Gasteiger partial charge in [-0.3, -0.25) is 4.79 Å². The highest BCUT2D eigenvalue weighted by Gasteiger charge is 2.24. The standard InChI is InChI=1S/C18H23N3O4S.ClH/c1-12(2)21(3)26(23,24)15-7-5-6-13(10-15)18(22)20-14-8-9-17(25-4)16(19)11-14;/h5-12H,19H2,1-4H3,(H,20,22);1H. The first kappa shape index (κ1) is 22.8. The molecule has 0 atom stereocenters. The maximum absolute atomic E-state index is 12.6. The summed E-state index contributed by atoms with van der Waals surface area (Å²) in [6.45, 7) is 3.56. The molecule has 0 heterocycles. The SMILES string of the molecule is COc1ccc(NC(=O)c2cccc(S(=O)(=O)N(C)C(C)C)c2)cc1N.Cl. The lowest BCUT2D eigenvalue weighted by atomic mass is 10.2. The van der Waals surface area contributed by atoms with Gasteiger partial charge in [-0.15, -0.1) is 12.4 Å². The zero-order chi connectivity index (χ0) is 19.5. The fourth-order valence-electron chi connectivity index (χ4n) is 2.26. The van der Waals surface area contributed by atoms with Gasteiger partial charge in [0, 0.05) is 24.3 Å². The molecule has 0 aromatic heterocycles. The number of nitrogens with one attached hydrogen (secondary N) is 1. The van der Waals surface area contributed by atoms with Crippen molar-refractivity contribution in [2.45, 2.75) is 24.8 Å². The van der Waals surface area contributed by atoms with Crippen LogP contribution in [0.1, 0.15) is 24.2 Å². The van der Waals surface area contributed by atoms with Gasteiger partial charge < -0.3 is 15.8 Å². The Morgan fingerprint density at radius 2 is 1.85 bits per heavy atom. The van der Waals surface area contributed by atoms with E-state index < -0.39 is 15.9 Å². The first-order chi connectivity index (χ1) is 12.2. The minimum atomic E-state index is -3.67. The van der Waals surface area contributed by atoms with Gasteiger partial charge in [0.05, 0.1) is 17.7 Å². The zero-order valence-electron chi connectivity index (χ0n) is 15.6. The van der Waals surface area contributed by atoms with Gasteiger partial charge >= 0.3 is 0 Å². The molecule has 0 aliphatic rings. The zero-order valence-corrected chi connectivity index (χ0v) is 17.2. The van der Waals surface area contributed by atoms with E-state index in [1.165, 1.54) is 30.6 Å². The van der Waals surface area contributed by atoms with Crippen LogP contribution in [0, 0.1) is 0 Å². The van der Waals surface area contributed by atoms with Crippen LogP contribution in [-0.4, -0.2) is 38.8 Å². The summed E-state index contributed by atoms with van der Waals surface area (Å²) in [5.74, 6) is 0.0756. The maximum atomic E-state index is 12.6. The van der Waals surface area contributed by atoms with Crippen molar-refractivity contribution in [2.75, 3.05) is 25.2 Å². The van der Waals surface area contributed by atoms with Crippen LogP contribution in [-0.2, 0) is 10.0 Å². The van der Waals surface area contributed by atoms with E-state index in [0.29, 0.717) is 17.1 Å². The molecule has 7 nitrogen and oxygen atoms in total. The molecule has 1 amide bonds. The summed E-state index contributed by atoms with van der Waals surface area (Å²) in [5, 5.41) is 2.70. The van der Waals surface area contributed by atoms with Crippen LogP contribution in [0.25, 0.3) is 0 Å². The van der Waals surface area contributed by atoms with Gasteiger partial charge in [-0.1, -0.05) is 6.07 Å². The summed E-state index contributed by atoms with van der Waals surface area (Å²) < 4.78 is 31.5. The van der Waals surface area contributed by atoms with Gasteiger partial charge in [-0.2, -0.15) is 4.31 Å². The number of hydrogen-bond donors (Lipinski definition) is 2. The van der Waals surface area contributed by atoms with Crippen LogP contribution >= 0.6 is 12.4 Å². The molecule has 0 spiro atoms. The number of carbonyl (C=O) groups is 1. The lowest BCUT2D eigenvalue weighted by molar-refractivity contribution is 0.102. The number of methoxy groups -OCH3 is 1. The van der Waals surface area contributed by atoms with Crippen molar-refractivity contribution in [3.63, 3.8) is 0 Å². The number of rotatable bonds is 6. The molecule has 2 rings (SSSR count). The van der Waals surface area contributed by atoms with Gasteiger partial charge in [0.2, 0.25) is 10.0 Å². The average molecular weight is 414 g/mol. The lowest BCUT2D eigenvalue weighted by Crippen LogP contribution is -2.33. The number of hydrogen-bond acceptors (Lipinski definition) is 5. The Bertz CT molecular complexity index is 917. The first-order valence-corrected chi connectivity index (χ1v) is 9.43. The number of nitrogen functional groups attached to an aromatic ring is 1. The van der Waals surface area contributed by atoms with Gasteiger partial charge in [0.15, 0.2) is 0 Å². The van der Waals surface area contributed by atoms with Crippen LogP contribution in [0.4, 0.5) is 11.4 Å². The van der Waals surface area contributed by atoms with Crippen molar-refractivity contribution in [1.29, 1.82) is 0 Å². The number of nitrogens with two attached hydrogens (primary N) is 1. The molecule has 2 aromatic rings. The minimum absolute atomic E-state index is 0. The van der Waals surface area contributed by atoms with E-state index in [2.05, 4.69) is 5.32 Å². The van der Waals surface area contributed by atoms with Gasteiger partial charge in [0.1, 0.15) is 5.75 Å². The fourth-order valence-corrected chi connectivity index (χ4v) is 3.67. The molecule has 0 fully saturated rings. The normalized spacial score (nSPS) is 11.2. The third kappa shape index (κ3) is 5.12. The third-order valence-corrected chi connectivity index (χ3v) is 6.02. The Morgan fingerprint density at radius 1 is 1.19 bits per heavy atom. The Labute approximate surface area is 166 Å². The van der Waals surface area contributed by atoms with E-state index >= 15 is 0 Å². The number of benzene rings is 2. The third-order valence-electron chi connectivity index (χ3n) is 3.99. The topological polar surface area (TPSA) is 102 Å². The van der Waals surface area contributed by atoms with Gasteiger partial charge in [-0.25, -0.2) is 8.42 Å². The summed E-state index contributed by atoms with van der Waals surface area (Å²) in [5.41, 5.74) is 6.94. The van der Waals surface area contributed by atoms with Crippen molar-refractivity contribution in [3.8, 4) is 5.75 Å². The molecule has 0 unspecified atom stereocenters. The molecule has 0 bridgehead atoms. The monoisotopic (exact) mass is 413 g/mol. The van der Waals surface area contributed by atoms with Crippen molar-refractivity contribution < 1.29 is 17.9 Å². The lowest BCUT2D eigenvalue weighted by Gasteiger charge is -2.21. The number of anilines is 2. The predicted octanol–water partition coefficient (Wildman–Crippen LogP) is 2.98. The second-order valence-electron chi connectivity index (χ2n) is 6.05. The highest BCUT2D eigenvalue weighted by molar-refractivity contribution is 7.89. The van der Waals surface area contributed by atoms with Crippen molar-refractivity contribution in [2.24, 2.45) is 0 Å². The summed E-state index contributed by atoms with van der Waals surface area (Å²) in [6, 6.07) is 10.6. The van der Waals surface area contributed by atoms with Crippen LogP contribution in [0.15, 0.2) is 47.4 Å². The molecule has 148 valence electrons. The molecule has 0 radical (unpaired) electrons. The minimum Gasteiger partial charge on any atom is -0.495 e. The average Bonchev–Trinajstić information content (AvgIpc) is 2.61. The Kier molecular flexibility index (Phi) is 7.65. The summed E-state index contributed by atoms with van der Waals surface area (Å²) in [4.78, 5) is 12.5. The van der Waals surface area contributed by atoms with E-state index in [1.54, 1.807) is 44.2 Å². The Morgan fingerprint density at radius 3 is 2.41 bits per heavy atom. The Hall–Kier alpha value is -2.29. The van der Waals surface area contributed by atoms with Gasteiger partial charge in [-0.05, 0) is 50.2 Å². The largest absolute Gasteiger partial charge is 0.495 e. The highest BCUT2D eigenvalue weighted by Crippen LogP contribution is 2.25. The number of halogens is 1. The predicted molar refractivity (Wildman–Crippen MR) is 109 cm³/mol. The first-order valence-electron chi connectivity index (χ1n) is 7.99. The molecular weight excluding hydrogens is 390 g/mol. The van der Waals surface area contributed by atoms with E-state index in [9.17, 15) is 13.2 Å². The second-order valence-corrected chi connectivity index (χ2v) is 8.05. The molecule has 27 heavy (non-hydrogen) atoms. The molecule has 0 aliphatic carbocycles. The number of sulfonamides is 1. The molecular formula is C18H24ClN3O4S. The number of nitrogens with zero attached hydrogens (tertiary/aromatic N) is 1. The van der Waals surface area contributed by atoms with E-state index in [1.807, 2.05) is 0 Å². The summed E-state index contributed by atoms with van der Waals surface area (Å²) in [7, 11) is -0.655. The number of carbonyl (C=O) groups excluding carboxylic acids is 1. The van der Waals surface area contributed by atoms with Crippen molar-refractivity contribution >= 4 is 39.7 Å². The molecule has 9 heteroatoms. The molecule has 2 aromatic carbocycles. The van der Waals surface area contributed by atoms with Crippen LogP contribution < -0.4 is 15.8 Å². The second kappa shape index (κ2) is 9.07. The van der Waals surface area contributed by atoms with Crippen LogP contribution in [0.3, 0.4) is 0 Å². The summed E-state index contributed by atoms with van der Waals surface area (Å²) in [6.07, 6.45) is 0.